The van der Waals surface area contributed by atoms with Gasteiger partial charge in [-0.2, -0.15) is 0 Å². The van der Waals surface area contributed by atoms with E-state index in [-0.39, 0.29) is 24.1 Å². The smallest absolute Gasteiger partial charge is 0.309 e. The summed E-state index contributed by atoms with van der Waals surface area (Å²) >= 11 is 0. The van der Waals surface area contributed by atoms with Gasteiger partial charge in [0.2, 0.25) is 0 Å². The lowest BCUT2D eigenvalue weighted by Gasteiger charge is -2.25. The Bertz CT molecular complexity index is 284. The highest BCUT2D eigenvalue weighted by Gasteiger charge is 2.32. The zero-order valence-corrected chi connectivity index (χ0v) is 12.4. The Morgan fingerprint density at radius 3 is 2.42 bits per heavy atom. The van der Waals surface area contributed by atoms with Crippen molar-refractivity contribution in [2.75, 3.05) is 7.11 Å². The first-order valence-electron chi connectivity index (χ1n) is 7.94. The van der Waals surface area contributed by atoms with Crippen LogP contribution in [0.2, 0.25) is 0 Å². The van der Waals surface area contributed by atoms with Gasteiger partial charge >= 0.3 is 5.97 Å². The fourth-order valence-corrected chi connectivity index (χ4v) is 3.58. The van der Waals surface area contributed by atoms with Crippen molar-refractivity contribution in [2.45, 2.75) is 76.9 Å². The summed E-state index contributed by atoms with van der Waals surface area (Å²) in [5, 5.41) is 0. The Balaban J connectivity index is 1.75. The SMILES string of the molecule is CO[C@@H]1CCC[C@@H]1OC(=O)[C@@H](C)CC1CCCCC1. The van der Waals surface area contributed by atoms with Crippen LogP contribution in [0.1, 0.15) is 64.7 Å². The molecule has 0 radical (unpaired) electrons. The monoisotopic (exact) mass is 268 g/mol. The van der Waals surface area contributed by atoms with Crippen molar-refractivity contribution in [1.82, 2.24) is 0 Å². The predicted octanol–water partition coefficient (Wildman–Crippen LogP) is 3.70. The Morgan fingerprint density at radius 2 is 1.74 bits per heavy atom. The van der Waals surface area contributed by atoms with E-state index in [9.17, 15) is 4.79 Å². The molecule has 0 amide bonds. The molecule has 0 aromatic heterocycles. The molecule has 3 nitrogen and oxygen atoms in total. The number of carbonyl (C=O) groups excluding carboxylic acids is 1. The van der Waals surface area contributed by atoms with Crippen molar-refractivity contribution in [3.63, 3.8) is 0 Å². The van der Waals surface area contributed by atoms with E-state index in [1.54, 1.807) is 7.11 Å². The number of esters is 1. The second kappa shape index (κ2) is 7.28. The number of hydrogen-bond donors (Lipinski definition) is 0. The molecular formula is C16H28O3. The molecule has 2 fully saturated rings. The molecular weight excluding hydrogens is 240 g/mol. The van der Waals surface area contributed by atoms with E-state index in [4.69, 9.17) is 9.47 Å². The molecule has 110 valence electrons. The fraction of sp³-hybridized carbons (Fsp3) is 0.938. The van der Waals surface area contributed by atoms with Crippen LogP contribution < -0.4 is 0 Å². The van der Waals surface area contributed by atoms with Gasteiger partial charge in [-0.15, -0.1) is 0 Å². The Morgan fingerprint density at radius 1 is 1.05 bits per heavy atom. The van der Waals surface area contributed by atoms with Crippen LogP contribution in [0, 0.1) is 11.8 Å². The van der Waals surface area contributed by atoms with Crippen molar-refractivity contribution in [2.24, 2.45) is 11.8 Å². The van der Waals surface area contributed by atoms with E-state index in [0.717, 1.165) is 31.6 Å². The van der Waals surface area contributed by atoms with E-state index in [1.165, 1.54) is 32.1 Å². The van der Waals surface area contributed by atoms with Crippen LogP contribution in [0.3, 0.4) is 0 Å². The number of methoxy groups -OCH3 is 1. The van der Waals surface area contributed by atoms with Crippen LogP contribution in [0.15, 0.2) is 0 Å². The molecule has 0 aromatic rings. The molecule has 3 atom stereocenters. The van der Waals surface area contributed by atoms with E-state index in [1.807, 2.05) is 6.92 Å². The maximum Gasteiger partial charge on any atom is 0.309 e. The minimum absolute atomic E-state index is 0.00805. The number of hydrogen-bond acceptors (Lipinski definition) is 3. The molecule has 19 heavy (non-hydrogen) atoms. The van der Waals surface area contributed by atoms with E-state index < -0.39 is 0 Å². The van der Waals surface area contributed by atoms with Gasteiger partial charge < -0.3 is 9.47 Å². The van der Waals surface area contributed by atoms with E-state index >= 15 is 0 Å². The molecule has 3 heteroatoms. The average Bonchev–Trinajstić information content (AvgIpc) is 2.87. The number of rotatable bonds is 5. The zero-order valence-electron chi connectivity index (χ0n) is 12.4. The summed E-state index contributed by atoms with van der Waals surface area (Å²) in [7, 11) is 1.71. The lowest BCUT2D eigenvalue weighted by atomic mass is 9.83. The van der Waals surface area contributed by atoms with Crippen LogP contribution in [0.5, 0.6) is 0 Å². The first-order valence-corrected chi connectivity index (χ1v) is 7.94. The summed E-state index contributed by atoms with van der Waals surface area (Å²) < 4.78 is 11.0. The quantitative estimate of drug-likeness (QED) is 0.713. The van der Waals surface area contributed by atoms with Crippen LogP contribution in [-0.4, -0.2) is 25.3 Å². The van der Waals surface area contributed by atoms with Crippen molar-refractivity contribution in [1.29, 1.82) is 0 Å². The Hall–Kier alpha value is -0.570. The van der Waals surface area contributed by atoms with Gasteiger partial charge in [0.15, 0.2) is 0 Å². The summed E-state index contributed by atoms with van der Waals surface area (Å²) in [6.07, 6.45) is 10.8. The summed E-state index contributed by atoms with van der Waals surface area (Å²) in [4.78, 5) is 12.2. The first kappa shape index (κ1) is 14.8. The van der Waals surface area contributed by atoms with Gasteiger partial charge in [0.05, 0.1) is 12.0 Å². The van der Waals surface area contributed by atoms with Gasteiger partial charge in [0.25, 0.3) is 0 Å². The maximum absolute atomic E-state index is 12.2. The van der Waals surface area contributed by atoms with Crippen LogP contribution in [0.25, 0.3) is 0 Å². The summed E-state index contributed by atoms with van der Waals surface area (Å²) in [6.45, 7) is 2.02. The highest BCUT2D eigenvalue weighted by atomic mass is 16.6. The number of carbonyl (C=O) groups is 1. The standard InChI is InChI=1S/C16H28O3/c1-12(11-13-7-4-3-5-8-13)16(17)19-15-10-6-9-14(15)18-2/h12-15H,3-11H2,1-2H3/t12-,14+,15-/m0/s1. The second-order valence-electron chi connectivity index (χ2n) is 6.32. The average molecular weight is 268 g/mol. The molecule has 0 spiro atoms. The first-order chi connectivity index (χ1) is 9.20. The summed E-state index contributed by atoms with van der Waals surface area (Å²) in [6, 6.07) is 0. The normalized spacial score (nSPS) is 30.2. The molecule has 2 saturated carbocycles. The molecule has 2 aliphatic carbocycles. The predicted molar refractivity (Wildman–Crippen MR) is 74.9 cm³/mol. The third-order valence-electron chi connectivity index (χ3n) is 4.78. The molecule has 0 aliphatic heterocycles. The molecule has 2 aliphatic rings. The van der Waals surface area contributed by atoms with Crippen molar-refractivity contribution >= 4 is 5.97 Å². The third kappa shape index (κ3) is 4.20. The van der Waals surface area contributed by atoms with Gasteiger partial charge in [0.1, 0.15) is 6.10 Å². The Labute approximate surface area is 117 Å². The minimum Gasteiger partial charge on any atom is -0.459 e. The van der Waals surface area contributed by atoms with E-state index in [2.05, 4.69) is 0 Å². The zero-order chi connectivity index (χ0) is 13.7. The largest absolute Gasteiger partial charge is 0.459 e. The van der Waals surface area contributed by atoms with Crippen LogP contribution in [0.4, 0.5) is 0 Å². The fourth-order valence-electron chi connectivity index (χ4n) is 3.58. The van der Waals surface area contributed by atoms with E-state index in [0.29, 0.717) is 0 Å². The maximum atomic E-state index is 12.2. The van der Waals surface area contributed by atoms with Gasteiger partial charge in [-0.25, -0.2) is 0 Å². The van der Waals surface area contributed by atoms with Crippen molar-refractivity contribution in [3.8, 4) is 0 Å². The lowest BCUT2D eigenvalue weighted by molar-refractivity contribution is -0.159. The van der Waals surface area contributed by atoms with Gasteiger partial charge in [0, 0.05) is 7.11 Å². The van der Waals surface area contributed by atoms with Crippen molar-refractivity contribution < 1.29 is 14.3 Å². The van der Waals surface area contributed by atoms with Crippen LogP contribution in [-0.2, 0) is 14.3 Å². The summed E-state index contributed by atoms with van der Waals surface area (Å²) in [5.74, 6) is 0.763. The lowest BCUT2D eigenvalue weighted by Crippen LogP contribution is -2.30. The van der Waals surface area contributed by atoms with Gasteiger partial charge in [-0.3, -0.25) is 4.79 Å². The molecule has 0 unspecified atom stereocenters. The summed E-state index contributed by atoms with van der Waals surface area (Å²) in [5.41, 5.74) is 0. The van der Waals surface area contributed by atoms with Gasteiger partial charge in [-0.05, 0) is 31.6 Å². The van der Waals surface area contributed by atoms with Crippen molar-refractivity contribution in [3.05, 3.63) is 0 Å². The van der Waals surface area contributed by atoms with Gasteiger partial charge in [-0.1, -0.05) is 39.0 Å². The molecule has 0 heterocycles. The minimum atomic E-state index is -0.0143. The molecule has 2 rings (SSSR count). The Kier molecular flexibility index (Phi) is 5.68. The third-order valence-corrected chi connectivity index (χ3v) is 4.78. The highest BCUT2D eigenvalue weighted by Crippen LogP contribution is 2.30. The molecule has 0 aromatic carbocycles. The highest BCUT2D eigenvalue weighted by molar-refractivity contribution is 5.72. The second-order valence-corrected chi connectivity index (χ2v) is 6.32. The molecule has 0 saturated heterocycles. The molecule has 0 N–H and O–H groups in total. The van der Waals surface area contributed by atoms with Crippen LogP contribution >= 0.6 is 0 Å². The topological polar surface area (TPSA) is 35.5 Å². The number of ether oxygens (including phenoxy) is 2. The molecule has 0 bridgehead atoms.